The molecule has 0 fully saturated rings. The summed E-state index contributed by atoms with van der Waals surface area (Å²) < 4.78 is 17.9. The van der Waals surface area contributed by atoms with Gasteiger partial charge in [-0.05, 0) is 61.0 Å². The average molecular weight is 588 g/mol. The topological polar surface area (TPSA) is 118 Å². The Kier molecular flexibility index (Phi) is 6.11. The molecule has 196 valence electrons. The molecule has 1 aliphatic rings. The molecular weight excluding hydrogens is 566 g/mol. The molecule has 6 rings (SSSR count). The number of amides is 1. The summed E-state index contributed by atoms with van der Waals surface area (Å²) in [5.74, 6) is -0.970. The van der Waals surface area contributed by atoms with Gasteiger partial charge in [0.2, 0.25) is 11.7 Å². The molecule has 5 aromatic rings. The fourth-order valence-electron chi connectivity index (χ4n) is 4.82. The van der Waals surface area contributed by atoms with Gasteiger partial charge in [0, 0.05) is 9.86 Å². The van der Waals surface area contributed by atoms with Crippen LogP contribution in [-0.2, 0) is 4.79 Å². The van der Waals surface area contributed by atoms with Gasteiger partial charge < -0.3 is 24.0 Å². The number of aliphatic hydroxyl groups excluding tert-OH is 1. The molecule has 3 heterocycles. The first-order chi connectivity index (χ1) is 18.9. The third-order valence-electron chi connectivity index (χ3n) is 6.56. The lowest BCUT2D eigenvalue weighted by molar-refractivity contribution is -0.117. The molecule has 39 heavy (non-hydrogen) atoms. The van der Waals surface area contributed by atoms with Gasteiger partial charge in [-0.25, -0.2) is 4.98 Å². The number of ether oxygens (including phenoxy) is 2. The molecule has 0 spiro atoms. The Morgan fingerprint density at radius 1 is 1.13 bits per heavy atom. The molecule has 1 atom stereocenters. The number of halogens is 1. The molecule has 0 radical (unpaired) electrons. The van der Waals surface area contributed by atoms with Crippen LogP contribution in [-0.4, -0.2) is 40.5 Å². The number of aliphatic hydroxyl groups is 1. The molecule has 0 bridgehead atoms. The molecule has 0 saturated heterocycles. The monoisotopic (exact) mass is 587 g/mol. The van der Waals surface area contributed by atoms with E-state index in [1.165, 1.54) is 12.0 Å². The Hall–Kier alpha value is -4.57. The highest BCUT2D eigenvalue weighted by Gasteiger charge is 2.47. The number of fused-ring (bicyclic) bond motifs is 2. The zero-order chi connectivity index (χ0) is 27.3. The van der Waals surface area contributed by atoms with Crippen LogP contribution in [0.1, 0.15) is 29.1 Å². The normalized spacial score (nSPS) is 15.5. The smallest absolute Gasteiger partial charge is 0.296 e. The van der Waals surface area contributed by atoms with Crippen molar-refractivity contribution < 1.29 is 28.6 Å². The van der Waals surface area contributed by atoms with E-state index in [4.69, 9.17) is 13.9 Å². The van der Waals surface area contributed by atoms with Gasteiger partial charge in [-0.1, -0.05) is 34.1 Å². The summed E-state index contributed by atoms with van der Waals surface area (Å²) in [6, 6.07) is 18.3. The molecule has 1 aliphatic heterocycles. The number of rotatable bonds is 7. The van der Waals surface area contributed by atoms with E-state index in [2.05, 4.69) is 25.9 Å². The molecule has 1 amide bonds. The fourth-order valence-corrected chi connectivity index (χ4v) is 5.19. The standard InChI is InChI=1S/C29H22BrN3O6/c1-3-38-22-13-15(8-10-21(22)37-2)25-24(26(34)23-14-16-12-17(30)9-11-20(16)39-23)27(35)28(36)33(25)29-31-18-6-4-5-7-19(18)32-29/h4-14,25,35H,3H2,1-2H3,(H,31,32). The highest BCUT2D eigenvalue weighted by atomic mass is 79.9. The number of hydrogen-bond acceptors (Lipinski definition) is 7. The molecule has 10 heteroatoms. The number of carbonyl (C=O) groups excluding carboxylic acids is 2. The summed E-state index contributed by atoms with van der Waals surface area (Å²) in [5, 5.41) is 11.8. The summed E-state index contributed by atoms with van der Waals surface area (Å²) in [4.78, 5) is 36.5. The van der Waals surface area contributed by atoms with Gasteiger partial charge in [0.25, 0.3) is 5.91 Å². The number of benzene rings is 3. The molecule has 1 unspecified atom stereocenters. The van der Waals surface area contributed by atoms with Crippen LogP contribution in [0, 0.1) is 0 Å². The van der Waals surface area contributed by atoms with Crippen molar-refractivity contribution >= 4 is 55.6 Å². The van der Waals surface area contributed by atoms with Gasteiger partial charge in [0.15, 0.2) is 23.0 Å². The van der Waals surface area contributed by atoms with E-state index in [0.717, 1.165) is 4.47 Å². The van der Waals surface area contributed by atoms with E-state index in [-0.39, 0.29) is 17.3 Å². The predicted molar refractivity (Wildman–Crippen MR) is 148 cm³/mol. The number of anilines is 1. The predicted octanol–water partition coefficient (Wildman–Crippen LogP) is 6.26. The van der Waals surface area contributed by atoms with Crippen molar-refractivity contribution in [2.75, 3.05) is 18.6 Å². The molecule has 2 aromatic heterocycles. The van der Waals surface area contributed by atoms with E-state index in [9.17, 15) is 14.7 Å². The summed E-state index contributed by atoms with van der Waals surface area (Å²) in [6.07, 6.45) is 0. The number of aromatic amines is 1. The minimum absolute atomic E-state index is 0.00699. The van der Waals surface area contributed by atoms with Crippen molar-refractivity contribution in [3.63, 3.8) is 0 Å². The summed E-state index contributed by atoms with van der Waals surface area (Å²) in [7, 11) is 1.53. The summed E-state index contributed by atoms with van der Waals surface area (Å²) in [5.41, 5.74) is 2.21. The molecule has 2 N–H and O–H groups in total. The molecule has 3 aromatic carbocycles. The zero-order valence-corrected chi connectivity index (χ0v) is 22.5. The zero-order valence-electron chi connectivity index (χ0n) is 20.9. The van der Waals surface area contributed by atoms with E-state index in [0.29, 0.717) is 45.7 Å². The summed E-state index contributed by atoms with van der Waals surface area (Å²) >= 11 is 3.42. The van der Waals surface area contributed by atoms with Crippen molar-refractivity contribution in [3.8, 4) is 11.5 Å². The number of para-hydroxylation sites is 2. The number of ketones is 1. The van der Waals surface area contributed by atoms with Crippen LogP contribution in [0.4, 0.5) is 5.95 Å². The molecular formula is C29H22BrN3O6. The molecule has 0 aliphatic carbocycles. The van der Waals surface area contributed by atoms with Crippen molar-refractivity contribution in [1.82, 2.24) is 9.97 Å². The maximum atomic E-state index is 13.9. The lowest BCUT2D eigenvalue weighted by Crippen LogP contribution is -2.32. The second-order valence-electron chi connectivity index (χ2n) is 8.88. The highest BCUT2D eigenvalue weighted by Crippen LogP contribution is 2.44. The number of imidazole rings is 1. The second kappa shape index (κ2) is 9.63. The van der Waals surface area contributed by atoms with Crippen LogP contribution in [0.25, 0.3) is 22.0 Å². The minimum Gasteiger partial charge on any atom is -0.503 e. The SMILES string of the molecule is CCOc1cc(C2C(C(=O)c3cc4cc(Br)ccc4o3)=C(O)C(=O)N2c2nc3ccccc3[nH]2)ccc1OC. The third-order valence-corrected chi connectivity index (χ3v) is 7.06. The summed E-state index contributed by atoms with van der Waals surface area (Å²) in [6.45, 7) is 2.21. The Labute approximate surface area is 230 Å². The van der Waals surface area contributed by atoms with Gasteiger partial charge >= 0.3 is 0 Å². The Morgan fingerprint density at radius 3 is 2.72 bits per heavy atom. The van der Waals surface area contributed by atoms with Crippen molar-refractivity contribution in [1.29, 1.82) is 0 Å². The van der Waals surface area contributed by atoms with E-state index in [1.807, 2.05) is 31.2 Å². The Balaban J connectivity index is 1.52. The fraction of sp³-hybridized carbons (Fsp3) is 0.138. The van der Waals surface area contributed by atoms with Crippen LogP contribution in [0.15, 0.2) is 87.0 Å². The number of carbonyl (C=O) groups is 2. The number of H-pyrrole nitrogens is 1. The van der Waals surface area contributed by atoms with E-state index < -0.39 is 23.5 Å². The van der Waals surface area contributed by atoms with Crippen molar-refractivity contribution in [2.24, 2.45) is 0 Å². The number of nitrogens with one attached hydrogen (secondary N) is 1. The van der Waals surface area contributed by atoms with Crippen molar-refractivity contribution in [3.05, 3.63) is 93.9 Å². The average Bonchev–Trinajstić information content (AvgIpc) is 3.62. The first-order valence-corrected chi connectivity index (χ1v) is 12.9. The number of hydrogen-bond donors (Lipinski definition) is 2. The second-order valence-corrected chi connectivity index (χ2v) is 9.80. The van der Waals surface area contributed by atoms with Crippen molar-refractivity contribution in [2.45, 2.75) is 13.0 Å². The highest BCUT2D eigenvalue weighted by molar-refractivity contribution is 9.10. The number of Topliss-reactive ketones (excluding diaryl/α,β-unsaturated/α-hetero) is 1. The third kappa shape index (κ3) is 4.13. The van der Waals surface area contributed by atoms with Gasteiger partial charge in [-0.3, -0.25) is 14.5 Å². The van der Waals surface area contributed by atoms with Gasteiger partial charge in [0.05, 0.1) is 36.4 Å². The van der Waals surface area contributed by atoms with Crippen LogP contribution in [0.3, 0.4) is 0 Å². The van der Waals surface area contributed by atoms with E-state index >= 15 is 0 Å². The lowest BCUT2D eigenvalue weighted by atomic mass is 9.94. The largest absolute Gasteiger partial charge is 0.503 e. The van der Waals surface area contributed by atoms with Gasteiger partial charge in [0.1, 0.15) is 5.58 Å². The number of aromatic nitrogens is 2. The van der Waals surface area contributed by atoms with E-state index in [1.54, 1.807) is 42.5 Å². The van der Waals surface area contributed by atoms with Crippen LogP contribution in [0.2, 0.25) is 0 Å². The first-order valence-electron chi connectivity index (χ1n) is 12.2. The molecule has 0 saturated carbocycles. The quantitative estimate of drug-likeness (QED) is 0.216. The Morgan fingerprint density at radius 2 is 1.95 bits per heavy atom. The number of methoxy groups -OCH3 is 1. The van der Waals surface area contributed by atoms with Gasteiger partial charge in [-0.15, -0.1) is 0 Å². The maximum Gasteiger partial charge on any atom is 0.296 e. The lowest BCUT2D eigenvalue weighted by Gasteiger charge is -2.25. The van der Waals surface area contributed by atoms with Crippen LogP contribution in [0.5, 0.6) is 11.5 Å². The van der Waals surface area contributed by atoms with Crippen LogP contribution < -0.4 is 14.4 Å². The van der Waals surface area contributed by atoms with Crippen LogP contribution >= 0.6 is 15.9 Å². The number of nitrogens with zero attached hydrogens (tertiary/aromatic N) is 2. The first kappa shape index (κ1) is 24.7. The minimum atomic E-state index is -1.03. The Bertz CT molecular complexity index is 1770. The number of furan rings is 1. The van der Waals surface area contributed by atoms with Gasteiger partial charge in [-0.2, -0.15) is 0 Å². The molecule has 9 nitrogen and oxygen atoms in total. The maximum absolute atomic E-state index is 13.9.